The molecule has 1 saturated heterocycles. The van der Waals surface area contributed by atoms with Crippen LogP contribution in [0.15, 0.2) is 0 Å². The van der Waals surface area contributed by atoms with Crippen LogP contribution in [0.1, 0.15) is 26.2 Å². The van der Waals surface area contributed by atoms with Crippen molar-refractivity contribution in [3.63, 3.8) is 0 Å². The Morgan fingerprint density at radius 3 is 2.64 bits per heavy atom. The van der Waals surface area contributed by atoms with Gasteiger partial charge in [0.05, 0.1) is 0 Å². The van der Waals surface area contributed by atoms with Crippen molar-refractivity contribution in [2.75, 3.05) is 13.1 Å². The summed E-state index contributed by atoms with van der Waals surface area (Å²) in [5, 5.41) is 3.12. The van der Waals surface area contributed by atoms with Gasteiger partial charge in [0.1, 0.15) is 0 Å². The lowest BCUT2D eigenvalue weighted by Gasteiger charge is -2.26. The van der Waals surface area contributed by atoms with Gasteiger partial charge in [-0.25, -0.2) is 8.78 Å². The fraction of sp³-hybridized carbons (Fsp3) is 1.00. The molecule has 0 aromatic heterocycles. The first-order chi connectivity index (χ1) is 5.15. The normalized spacial score (nSPS) is 33.8. The average molecular weight is 163 g/mol. The van der Waals surface area contributed by atoms with Crippen molar-refractivity contribution in [2.45, 2.75) is 32.6 Å². The smallest absolute Gasteiger partial charge is 0.243 e. The predicted molar refractivity (Wildman–Crippen MR) is 40.8 cm³/mol. The highest BCUT2D eigenvalue weighted by Crippen LogP contribution is 2.35. The van der Waals surface area contributed by atoms with Gasteiger partial charge in [0.15, 0.2) is 0 Å². The minimum Gasteiger partial charge on any atom is -0.317 e. The first kappa shape index (κ1) is 8.91. The number of hydrogen-bond donors (Lipinski definition) is 1. The monoisotopic (exact) mass is 163 g/mol. The van der Waals surface area contributed by atoms with Crippen LogP contribution in [-0.4, -0.2) is 19.5 Å². The van der Waals surface area contributed by atoms with Crippen LogP contribution in [0.4, 0.5) is 8.78 Å². The van der Waals surface area contributed by atoms with Crippen LogP contribution >= 0.6 is 0 Å². The van der Waals surface area contributed by atoms with E-state index < -0.39 is 11.8 Å². The molecule has 1 nitrogen and oxygen atoms in total. The third-order valence-electron chi connectivity index (χ3n) is 2.50. The molecule has 0 amide bonds. The molecule has 1 atom stereocenters. The minimum absolute atomic E-state index is 0.602. The van der Waals surface area contributed by atoms with Crippen molar-refractivity contribution in [1.29, 1.82) is 0 Å². The van der Waals surface area contributed by atoms with E-state index in [4.69, 9.17) is 0 Å². The summed E-state index contributed by atoms with van der Waals surface area (Å²) < 4.78 is 24.9. The van der Waals surface area contributed by atoms with Crippen LogP contribution in [0.3, 0.4) is 0 Å². The van der Waals surface area contributed by atoms with Gasteiger partial charge < -0.3 is 5.32 Å². The molecular formula is C8H15F2N. The maximum atomic E-state index is 12.5. The predicted octanol–water partition coefficient (Wildman–Crippen LogP) is 2.03. The molecule has 1 fully saturated rings. The molecule has 0 radical (unpaired) electrons. The third-order valence-corrected chi connectivity index (χ3v) is 2.50. The topological polar surface area (TPSA) is 12.0 Å². The van der Waals surface area contributed by atoms with Gasteiger partial charge in [-0.2, -0.15) is 0 Å². The lowest BCUT2D eigenvalue weighted by molar-refractivity contribution is -0.00114. The summed E-state index contributed by atoms with van der Waals surface area (Å²) in [6.45, 7) is 3.31. The molecule has 0 bridgehead atoms. The summed E-state index contributed by atoms with van der Waals surface area (Å²) in [6.07, 6.45) is -0.0363. The molecule has 0 aliphatic carbocycles. The molecule has 1 aliphatic heterocycles. The molecular weight excluding hydrogens is 148 g/mol. The number of alkyl halides is 2. The zero-order valence-electron chi connectivity index (χ0n) is 6.87. The van der Waals surface area contributed by atoms with Crippen LogP contribution in [-0.2, 0) is 0 Å². The molecule has 1 rings (SSSR count). The SMILES string of the molecule is CC1(C(F)F)CCCNCC1. The molecule has 66 valence electrons. The fourth-order valence-corrected chi connectivity index (χ4v) is 1.46. The second kappa shape index (κ2) is 3.48. The van der Waals surface area contributed by atoms with Crippen molar-refractivity contribution in [3.8, 4) is 0 Å². The number of hydrogen-bond acceptors (Lipinski definition) is 1. The maximum Gasteiger partial charge on any atom is 0.243 e. The molecule has 0 aromatic rings. The van der Waals surface area contributed by atoms with Crippen LogP contribution in [0.5, 0.6) is 0 Å². The van der Waals surface area contributed by atoms with E-state index in [1.54, 1.807) is 6.92 Å². The molecule has 0 aromatic carbocycles. The Morgan fingerprint density at radius 2 is 2.00 bits per heavy atom. The van der Waals surface area contributed by atoms with Gasteiger partial charge >= 0.3 is 0 Å². The highest BCUT2D eigenvalue weighted by atomic mass is 19.3. The second-order valence-electron chi connectivity index (χ2n) is 3.56. The Hall–Kier alpha value is -0.180. The fourth-order valence-electron chi connectivity index (χ4n) is 1.46. The van der Waals surface area contributed by atoms with Gasteiger partial charge in [0.2, 0.25) is 6.43 Å². The van der Waals surface area contributed by atoms with Gasteiger partial charge in [0, 0.05) is 5.41 Å². The van der Waals surface area contributed by atoms with Crippen molar-refractivity contribution < 1.29 is 8.78 Å². The highest BCUT2D eigenvalue weighted by molar-refractivity contribution is 4.80. The lowest BCUT2D eigenvalue weighted by Crippen LogP contribution is -2.27. The largest absolute Gasteiger partial charge is 0.317 e. The van der Waals surface area contributed by atoms with Gasteiger partial charge in [-0.3, -0.25) is 0 Å². The van der Waals surface area contributed by atoms with Gasteiger partial charge in [0.25, 0.3) is 0 Å². The summed E-state index contributed by atoms with van der Waals surface area (Å²) in [6, 6.07) is 0. The van der Waals surface area contributed by atoms with Crippen molar-refractivity contribution in [2.24, 2.45) is 5.41 Å². The zero-order chi connectivity index (χ0) is 8.32. The Morgan fingerprint density at radius 1 is 1.27 bits per heavy atom. The highest BCUT2D eigenvalue weighted by Gasteiger charge is 2.34. The zero-order valence-corrected chi connectivity index (χ0v) is 6.87. The first-order valence-electron chi connectivity index (χ1n) is 4.14. The average Bonchev–Trinajstić information content (AvgIpc) is 2.15. The van der Waals surface area contributed by atoms with Crippen LogP contribution in [0.2, 0.25) is 0 Å². The van der Waals surface area contributed by atoms with E-state index >= 15 is 0 Å². The summed E-state index contributed by atoms with van der Waals surface area (Å²) in [5.74, 6) is 0. The summed E-state index contributed by atoms with van der Waals surface area (Å²) in [4.78, 5) is 0. The summed E-state index contributed by atoms with van der Waals surface area (Å²) >= 11 is 0. The summed E-state index contributed by atoms with van der Waals surface area (Å²) in [5.41, 5.74) is -0.733. The standard InChI is InChI=1S/C8H15F2N/c1-8(7(9)10)3-2-5-11-6-4-8/h7,11H,2-6H2,1H3. The molecule has 1 N–H and O–H groups in total. The van der Waals surface area contributed by atoms with E-state index in [0.29, 0.717) is 12.8 Å². The Bertz CT molecular complexity index is 117. The van der Waals surface area contributed by atoms with E-state index in [1.807, 2.05) is 0 Å². The molecule has 3 heteroatoms. The first-order valence-corrected chi connectivity index (χ1v) is 4.14. The van der Waals surface area contributed by atoms with Gasteiger partial charge in [-0.1, -0.05) is 6.92 Å². The van der Waals surface area contributed by atoms with E-state index in [9.17, 15) is 8.78 Å². The molecule has 0 saturated carbocycles. The Kier molecular flexibility index (Phi) is 2.82. The van der Waals surface area contributed by atoms with E-state index in [2.05, 4.69) is 5.32 Å². The quantitative estimate of drug-likeness (QED) is 0.623. The van der Waals surface area contributed by atoms with E-state index in [0.717, 1.165) is 19.5 Å². The van der Waals surface area contributed by atoms with Gasteiger partial charge in [-0.15, -0.1) is 0 Å². The second-order valence-corrected chi connectivity index (χ2v) is 3.56. The number of nitrogens with one attached hydrogen (secondary N) is 1. The number of rotatable bonds is 1. The lowest BCUT2D eigenvalue weighted by atomic mass is 9.83. The van der Waals surface area contributed by atoms with Crippen LogP contribution < -0.4 is 5.32 Å². The Balaban J connectivity index is 2.52. The summed E-state index contributed by atoms with van der Waals surface area (Å²) in [7, 11) is 0. The molecule has 1 unspecified atom stereocenters. The van der Waals surface area contributed by atoms with E-state index in [1.165, 1.54) is 0 Å². The minimum atomic E-state index is -2.16. The Labute approximate surface area is 66.2 Å². The number of halogens is 2. The van der Waals surface area contributed by atoms with Crippen LogP contribution in [0, 0.1) is 5.41 Å². The maximum absolute atomic E-state index is 12.5. The third kappa shape index (κ3) is 2.12. The van der Waals surface area contributed by atoms with Crippen molar-refractivity contribution >= 4 is 0 Å². The van der Waals surface area contributed by atoms with E-state index in [-0.39, 0.29) is 0 Å². The molecule has 11 heavy (non-hydrogen) atoms. The van der Waals surface area contributed by atoms with Crippen molar-refractivity contribution in [1.82, 2.24) is 5.32 Å². The molecule has 1 heterocycles. The molecule has 0 spiro atoms. The van der Waals surface area contributed by atoms with Crippen molar-refractivity contribution in [3.05, 3.63) is 0 Å². The van der Waals surface area contributed by atoms with Gasteiger partial charge in [-0.05, 0) is 32.4 Å². The molecule has 1 aliphatic rings. The van der Waals surface area contributed by atoms with Crippen LogP contribution in [0.25, 0.3) is 0 Å².